The second kappa shape index (κ2) is 8.86. The molecule has 0 radical (unpaired) electrons. The van der Waals surface area contributed by atoms with Crippen LogP contribution in [0.3, 0.4) is 0 Å². The number of guanidine groups is 1. The Kier molecular flexibility index (Phi) is 6.54. The summed E-state index contributed by atoms with van der Waals surface area (Å²) < 4.78 is 18.4. The molecule has 0 aliphatic carbocycles. The Morgan fingerprint density at radius 1 is 1.17 bits per heavy atom. The molecule has 0 fully saturated rings. The Bertz CT molecular complexity index is 654. The number of benzene rings is 1. The Balaban J connectivity index is 1.86. The maximum atomic E-state index is 12.9. The molecule has 0 aliphatic heterocycles. The predicted molar refractivity (Wildman–Crippen MR) is 93.8 cm³/mol. The lowest BCUT2D eigenvalue weighted by atomic mass is 10.2. The topological polar surface area (TPSA) is 58.5 Å². The van der Waals surface area contributed by atoms with E-state index in [1.54, 1.807) is 31.4 Å². The number of pyridine rings is 1. The van der Waals surface area contributed by atoms with E-state index in [4.69, 9.17) is 4.74 Å². The Morgan fingerprint density at radius 2 is 1.92 bits per heavy atom. The van der Waals surface area contributed by atoms with Gasteiger partial charge in [0.05, 0.1) is 0 Å². The third kappa shape index (κ3) is 5.87. The van der Waals surface area contributed by atoms with Crippen molar-refractivity contribution in [3.05, 3.63) is 54.0 Å². The fraction of sp³-hybridized carbons (Fsp3) is 0.333. The predicted octanol–water partition coefficient (Wildman–Crippen LogP) is 3.33. The summed E-state index contributed by atoms with van der Waals surface area (Å²) >= 11 is 0. The second-order valence-corrected chi connectivity index (χ2v) is 5.76. The van der Waals surface area contributed by atoms with Gasteiger partial charge < -0.3 is 15.4 Å². The van der Waals surface area contributed by atoms with Crippen molar-refractivity contribution in [1.82, 2.24) is 15.6 Å². The Morgan fingerprint density at radius 3 is 2.50 bits per heavy atom. The lowest BCUT2D eigenvalue weighted by Crippen LogP contribution is -2.38. The van der Waals surface area contributed by atoms with E-state index in [9.17, 15) is 4.39 Å². The lowest BCUT2D eigenvalue weighted by molar-refractivity contribution is 0.461. The van der Waals surface area contributed by atoms with Crippen molar-refractivity contribution >= 4 is 5.96 Å². The Hall–Kier alpha value is -2.63. The van der Waals surface area contributed by atoms with Crippen LogP contribution in [0.2, 0.25) is 0 Å². The van der Waals surface area contributed by atoms with Crippen LogP contribution < -0.4 is 15.4 Å². The molecule has 1 aromatic heterocycles. The van der Waals surface area contributed by atoms with Crippen LogP contribution in [0.15, 0.2) is 47.6 Å². The van der Waals surface area contributed by atoms with E-state index in [2.05, 4.69) is 34.5 Å². The molecular formula is C18H23FN4O. The number of nitrogens with one attached hydrogen (secondary N) is 2. The molecule has 2 N–H and O–H groups in total. The number of halogens is 1. The lowest BCUT2D eigenvalue weighted by Gasteiger charge is -2.13. The first-order valence-corrected chi connectivity index (χ1v) is 7.89. The molecule has 1 heterocycles. The second-order valence-electron chi connectivity index (χ2n) is 5.76. The molecule has 0 saturated carbocycles. The number of nitrogens with zero attached hydrogens (tertiary/aromatic N) is 2. The number of rotatable bonds is 6. The van der Waals surface area contributed by atoms with Crippen LogP contribution in [-0.2, 0) is 6.54 Å². The molecule has 0 saturated heterocycles. The van der Waals surface area contributed by atoms with Crippen LogP contribution in [0.1, 0.15) is 19.4 Å². The van der Waals surface area contributed by atoms with Crippen molar-refractivity contribution < 1.29 is 9.13 Å². The van der Waals surface area contributed by atoms with Gasteiger partial charge in [0.15, 0.2) is 5.96 Å². The van der Waals surface area contributed by atoms with Crippen LogP contribution >= 0.6 is 0 Å². The molecule has 0 bridgehead atoms. The summed E-state index contributed by atoms with van der Waals surface area (Å²) in [5, 5.41) is 6.48. The molecule has 24 heavy (non-hydrogen) atoms. The summed E-state index contributed by atoms with van der Waals surface area (Å²) in [5.41, 5.74) is 1.01. The number of aromatic nitrogens is 1. The smallest absolute Gasteiger partial charge is 0.219 e. The highest BCUT2D eigenvalue weighted by molar-refractivity contribution is 5.79. The van der Waals surface area contributed by atoms with Crippen molar-refractivity contribution in [3.63, 3.8) is 0 Å². The molecule has 0 spiro atoms. The van der Waals surface area contributed by atoms with Crippen molar-refractivity contribution in [3.8, 4) is 11.6 Å². The highest BCUT2D eigenvalue weighted by atomic mass is 19.1. The van der Waals surface area contributed by atoms with Crippen LogP contribution in [0.5, 0.6) is 11.6 Å². The van der Waals surface area contributed by atoms with Crippen molar-refractivity contribution in [2.24, 2.45) is 10.9 Å². The van der Waals surface area contributed by atoms with E-state index < -0.39 is 0 Å². The van der Waals surface area contributed by atoms with Crippen molar-refractivity contribution in [2.75, 3.05) is 13.6 Å². The number of ether oxygens (including phenoxy) is 1. The first-order valence-electron chi connectivity index (χ1n) is 7.89. The van der Waals surface area contributed by atoms with Gasteiger partial charge in [-0.15, -0.1) is 0 Å². The van der Waals surface area contributed by atoms with Gasteiger partial charge in [-0.05, 0) is 35.7 Å². The van der Waals surface area contributed by atoms with Gasteiger partial charge in [-0.2, -0.15) is 0 Å². The standard InChI is InChI=1S/C18H23FN4O/c1-13(2)10-22-18(20-3)23-12-14-4-9-17(21-11-14)24-16-7-5-15(19)6-8-16/h4-9,11,13H,10,12H2,1-3H3,(H2,20,22,23). The van der Waals surface area contributed by atoms with E-state index in [1.165, 1.54) is 12.1 Å². The average Bonchev–Trinajstić information content (AvgIpc) is 2.58. The van der Waals surface area contributed by atoms with Crippen LogP contribution in [0.4, 0.5) is 4.39 Å². The van der Waals surface area contributed by atoms with Gasteiger partial charge in [-0.3, -0.25) is 4.99 Å². The quantitative estimate of drug-likeness (QED) is 0.630. The molecule has 2 rings (SSSR count). The summed E-state index contributed by atoms with van der Waals surface area (Å²) in [4.78, 5) is 8.43. The molecule has 2 aromatic rings. The minimum atomic E-state index is -0.295. The molecule has 5 nitrogen and oxygen atoms in total. The highest BCUT2D eigenvalue weighted by Gasteiger charge is 2.02. The van der Waals surface area contributed by atoms with Gasteiger partial charge >= 0.3 is 0 Å². The van der Waals surface area contributed by atoms with E-state index >= 15 is 0 Å². The third-order valence-electron chi connectivity index (χ3n) is 3.19. The molecule has 128 valence electrons. The molecule has 6 heteroatoms. The van der Waals surface area contributed by atoms with E-state index in [-0.39, 0.29) is 5.82 Å². The minimum Gasteiger partial charge on any atom is -0.439 e. The van der Waals surface area contributed by atoms with Gasteiger partial charge in [-0.1, -0.05) is 19.9 Å². The maximum absolute atomic E-state index is 12.9. The molecular weight excluding hydrogens is 307 g/mol. The van der Waals surface area contributed by atoms with Crippen LogP contribution in [-0.4, -0.2) is 24.5 Å². The minimum absolute atomic E-state index is 0.295. The first kappa shape index (κ1) is 17.7. The average molecular weight is 330 g/mol. The van der Waals surface area contributed by atoms with Crippen LogP contribution in [0.25, 0.3) is 0 Å². The van der Waals surface area contributed by atoms with Gasteiger partial charge in [0.1, 0.15) is 11.6 Å². The highest BCUT2D eigenvalue weighted by Crippen LogP contribution is 2.19. The normalized spacial score (nSPS) is 11.5. The van der Waals surface area contributed by atoms with E-state index in [1.807, 2.05) is 6.07 Å². The largest absolute Gasteiger partial charge is 0.439 e. The summed E-state index contributed by atoms with van der Waals surface area (Å²) in [7, 11) is 1.74. The van der Waals surface area contributed by atoms with Gasteiger partial charge in [0, 0.05) is 32.4 Å². The van der Waals surface area contributed by atoms with E-state index in [0.717, 1.165) is 18.1 Å². The summed E-state index contributed by atoms with van der Waals surface area (Å²) in [6.45, 7) is 5.76. The fourth-order valence-electron chi connectivity index (χ4n) is 1.91. The van der Waals surface area contributed by atoms with Gasteiger partial charge in [0.25, 0.3) is 0 Å². The first-order chi connectivity index (χ1) is 11.6. The third-order valence-corrected chi connectivity index (χ3v) is 3.19. The molecule has 0 amide bonds. The maximum Gasteiger partial charge on any atom is 0.219 e. The van der Waals surface area contributed by atoms with Crippen molar-refractivity contribution in [2.45, 2.75) is 20.4 Å². The molecule has 1 aromatic carbocycles. The molecule has 0 atom stereocenters. The monoisotopic (exact) mass is 330 g/mol. The molecule has 0 aliphatic rings. The number of hydrogen-bond donors (Lipinski definition) is 2. The number of hydrogen-bond acceptors (Lipinski definition) is 3. The van der Waals surface area contributed by atoms with Gasteiger partial charge in [0.2, 0.25) is 5.88 Å². The van der Waals surface area contributed by atoms with Crippen LogP contribution in [0, 0.1) is 11.7 Å². The van der Waals surface area contributed by atoms with E-state index in [0.29, 0.717) is 24.1 Å². The summed E-state index contributed by atoms with van der Waals surface area (Å²) in [5.74, 6) is 2.03. The molecule has 0 unspecified atom stereocenters. The zero-order valence-corrected chi connectivity index (χ0v) is 14.2. The zero-order chi connectivity index (χ0) is 17.4. The number of aliphatic imine (C=N–C) groups is 1. The van der Waals surface area contributed by atoms with Gasteiger partial charge in [-0.25, -0.2) is 9.37 Å². The summed E-state index contributed by atoms with van der Waals surface area (Å²) in [6, 6.07) is 9.54. The Labute approximate surface area is 142 Å². The van der Waals surface area contributed by atoms with Crippen molar-refractivity contribution in [1.29, 1.82) is 0 Å². The zero-order valence-electron chi connectivity index (χ0n) is 14.2. The SMILES string of the molecule is CN=C(NCc1ccc(Oc2ccc(F)cc2)nc1)NCC(C)C. The summed E-state index contributed by atoms with van der Waals surface area (Å²) in [6.07, 6.45) is 1.74. The fourth-order valence-corrected chi connectivity index (χ4v) is 1.91.